The zero-order chi connectivity index (χ0) is 31.0. The molecule has 5 fully saturated rings. The molecule has 234 valence electrons. The van der Waals surface area contributed by atoms with Crippen molar-refractivity contribution in [3.63, 3.8) is 0 Å². The Morgan fingerprint density at radius 3 is 1.88 bits per heavy atom. The Hall–Kier alpha value is -1.21. The molecule has 12 atom stereocenters. The summed E-state index contributed by atoms with van der Waals surface area (Å²) < 4.78 is 8.75. The largest absolute Gasteiger partial charge is 0.400 e. The van der Waals surface area contributed by atoms with Crippen LogP contribution in [0.25, 0.3) is 0 Å². The second-order valence-corrected chi connectivity index (χ2v) is 25.4. The van der Waals surface area contributed by atoms with Crippen molar-refractivity contribution in [2.24, 2.45) is 71.0 Å². The summed E-state index contributed by atoms with van der Waals surface area (Å²) in [5.41, 5.74) is 0. The molecule has 0 amide bonds. The van der Waals surface area contributed by atoms with Gasteiger partial charge in [0.2, 0.25) is 0 Å². The second-order valence-electron chi connectivity index (χ2n) is 15.4. The fourth-order valence-electron chi connectivity index (χ4n) is 10.0. The lowest BCUT2D eigenvalue weighted by Crippen LogP contribution is -2.55. The van der Waals surface area contributed by atoms with Gasteiger partial charge in [-0.3, -0.25) is 14.4 Å². The molecule has 0 aromatic carbocycles. The molecule has 1 heterocycles. The summed E-state index contributed by atoms with van der Waals surface area (Å²) in [7, 11) is -0.962. The van der Waals surface area contributed by atoms with Gasteiger partial charge in [-0.1, -0.05) is 53.1 Å². The van der Waals surface area contributed by atoms with Crippen LogP contribution in [0.2, 0.25) is 39.3 Å². The van der Waals surface area contributed by atoms with E-state index < -0.39 is 28.4 Å². The van der Waals surface area contributed by atoms with Crippen LogP contribution in [0, 0.1) is 71.0 Å². The highest BCUT2D eigenvalue weighted by atomic mass is 28.4. The fraction of sp³-hybridized carbons (Fsp3) is 0.871. The molecule has 41 heavy (non-hydrogen) atoms. The Morgan fingerprint density at radius 1 is 0.878 bits per heavy atom. The number of nitrogens with one attached hydrogen (secondary N) is 1. The van der Waals surface area contributed by atoms with Crippen LogP contribution in [0.1, 0.15) is 46.0 Å². The first-order chi connectivity index (χ1) is 19.1. The fourth-order valence-corrected chi connectivity index (χ4v) is 19.0. The second kappa shape index (κ2) is 13.2. The predicted octanol–water partition coefficient (Wildman–Crippen LogP) is 4.12. The molecule has 5 rings (SSSR count). The van der Waals surface area contributed by atoms with Crippen molar-refractivity contribution in [1.29, 1.82) is 0 Å². The topological polar surface area (TPSA) is 130 Å². The van der Waals surface area contributed by atoms with Gasteiger partial charge in [-0.05, 0) is 73.0 Å². The van der Waals surface area contributed by atoms with E-state index in [1.54, 1.807) is 0 Å². The average molecular weight is 610 g/mol. The average Bonchev–Trinajstić information content (AvgIpc) is 3.66. The zero-order valence-corrected chi connectivity index (χ0v) is 28.7. The number of hydrogen-bond acceptors (Lipinski definition) is 8. The van der Waals surface area contributed by atoms with Crippen LogP contribution in [0.4, 0.5) is 0 Å². The molecule has 1 saturated heterocycles. The van der Waals surface area contributed by atoms with Crippen LogP contribution < -0.4 is 4.65 Å². The number of carbonyl (C=O) groups is 4. The molecule has 1 aliphatic heterocycles. The van der Waals surface area contributed by atoms with E-state index >= 15 is 0 Å². The Balaban J connectivity index is 0.000000362. The molecule has 3 N–H and O–H groups in total. The van der Waals surface area contributed by atoms with Gasteiger partial charge in [-0.15, -0.1) is 0 Å². The van der Waals surface area contributed by atoms with Gasteiger partial charge >= 0.3 is 11.9 Å². The minimum Gasteiger partial charge on any atom is -0.400 e. The van der Waals surface area contributed by atoms with E-state index in [1.807, 2.05) is 6.92 Å². The number of carbonyl (C=O) groups excluding carboxylic acids is 4. The van der Waals surface area contributed by atoms with Gasteiger partial charge in [-0.25, -0.2) is 0 Å². The zero-order valence-electron chi connectivity index (χ0n) is 26.7. The highest BCUT2D eigenvalue weighted by Gasteiger charge is 2.65. The molecule has 10 heteroatoms. The number of fused-ring (bicyclic) bond motifs is 4. The van der Waals surface area contributed by atoms with Crippen molar-refractivity contribution in [1.82, 2.24) is 4.65 Å². The highest BCUT2D eigenvalue weighted by Crippen LogP contribution is 2.68. The molecule has 4 bridgehead atoms. The molecule has 4 aliphatic carbocycles. The van der Waals surface area contributed by atoms with Gasteiger partial charge in [0.05, 0.1) is 11.8 Å². The third-order valence-electron chi connectivity index (χ3n) is 10.6. The summed E-state index contributed by atoms with van der Waals surface area (Å²) in [5, 5.41) is 16.2. The van der Waals surface area contributed by atoms with Gasteiger partial charge in [0.25, 0.3) is 0 Å². The minimum absolute atomic E-state index is 0.0456. The highest BCUT2D eigenvalue weighted by molar-refractivity contribution is 6.90. The van der Waals surface area contributed by atoms with E-state index in [-0.39, 0.29) is 60.3 Å². The smallest absolute Gasteiger partial charge is 0.317 e. The Morgan fingerprint density at radius 2 is 1.44 bits per heavy atom. The first kappa shape index (κ1) is 34.3. The van der Waals surface area contributed by atoms with Crippen molar-refractivity contribution < 1.29 is 34.1 Å². The third-order valence-corrected chi connectivity index (χ3v) is 16.6. The van der Waals surface area contributed by atoms with Gasteiger partial charge in [-0.2, -0.15) is 0 Å². The van der Waals surface area contributed by atoms with Crippen LogP contribution in [-0.2, 0) is 23.9 Å². The monoisotopic (exact) mass is 609 g/mol. The van der Waals surface area contributed by atoms with Crippen LogP contribution >= 0.6 is 0 Å². The van der Waals surface area contributed by atoms with Crippen molar-refractivity contribution in [2.45, 2.75) is 85.2 Å². The first-order valence-electron chi connectivity index (χ1n) is 15.7. The van der Waals surface area contributed by atoms with Gasteiger partial charge in [0, 0.05) is 32.0 Å². The van der Waals surface area contributed by atoms with Crippen molar-refractivity contribution in [2.75, 3.05) is 13.7 Å². The maximum Gasteiger partial charge on any atom is 0.317 e. The number of Topliss-reactive ketones (excluding diaryl/α,β-unsaturated/α-hetero) is 1. The van der Waals surface area contributed by atoms with Gasteiger partial charge < -0.3 is 24.4 Å². The van der Waals surface area contributed by atoms with E-state index in [0.717, 1.165) is 39.1 Å². The Bertz CT molecular complexity index is 962. The number of aldehydes is 1. The van der Waals surface area contributed by atoms with Crippen LogP contribution in [0.5, 0.6) is 0 Å². The summed E-state index contributed by atoms with van der Waals surface area (Å²) in [6.45, 7) is 18.1. The van der Waals surface area contributed by atoms with E-state index in [4.69, 9.17) is 9.84 Å². The lowest BCUT2D eigenvalue weighted by atomic mass is 9.57. The number of cyclic esters (lactones) is 2. The number of rotatable bonds is 8. The lowest BCUT2D eigenvalue weighted by Gasteiger charge is -2.46. The minimum atomic E-state index is -0.981. The van der Waals surface area contributed by atoms with Crippen LogP contribution in [-0.4, -0.2) is 64.4 Å². The van der Waals surface area contributed by atoms with E-state index in [0.29, 0.717) is 29.6 Å². The predicted molar refractivity (Wildman–Crippen MR) is 164 cm³/mol. The summed E-state index contributed by atoms with van der Waals surface area (Å²) >= 11 is 0. The third kappa shape index (κ3) is 7.14. The summed E-state index contributed by atoms with van der Waals surface area (Å²) in [4.78, 5) is 49.1. The SMILES string of the molecule is CC1C(=O)OC(=O)C1C1C2CC(C=O)C(C2)C1C1C2CC(C(=O)CCO)C(C2)C1C.CO.C[Si](C)(C)N[Si](C)(C)C. The molecule has 4 saturated carbocycles. The molecule has 0 aromatic heterocycles. The molecular weight excluding hydrogens is 555 g/mol. The summed E-state index contributed by atoms with van der Waals surface area (Å²) in [5.74, 6) is 1.18. The van der Waals surface area contributed by atoms with Crippen molar-refractivity contribution >= 4 is 40.5 Å². The van der Waals surface area contributed by atoms with E-state index in [9.17, 15) is 24.3 Å². The van der Waals surface area contributed by atoms with Crippen LogP contribution in [0.3, 0.4) is 0 Å². The standard InChI is InChI=1S/C24H32O6.C6H19NSi2.CH4O/c1-10-15-6-13(8-17(15)18(27)3-4-25)19(10)22-16-7-12(5-14(16)9-26)21(22)20-11(2)23(28)30-24(20)29;1-8(2,3)7-9(4,5)6;1-2/h9-17,19-22,25H,3-8H2,1-2H3;7H,1-6H3;2H,1H3. The van der Waals surface area contributed by atoms with E-state index in [2.05, 4.69) is 50.9 Å². The Kier molecular flexibility index (Phi) is 11.0. The van der Waals surface area contributed by atoms with Crippen molar-refractivity contribution in [3.05, 3.63) is 0 Å². The first-order valence-corrected chi connectivity index (χ1v) is 22.7. The molecule has 0 aromatic rings. The summed E-state index contributed by atoms with van der Waals surface area (Å²) in [6, 6.07) is 0. The molecule has 12 unspecified atom stereocenters. The number of esters is 2. The quantitative estimate of drug-likeness (QED) is 0.162. The Labute approximate surface area is 248 Å². The molecule has 0 spiro atoms. The normalized spacial score (nSPS) is 41.0. The maximum atomic E-state index is 12.6. The maximum absolute atomic E-state index is 12.6. The lowest BCUT2D eigenvalue weighted by molar-refractivity contribution is -0.154. The van der Waals surface area contributed by atoms with Gasteiger partial charge in [0.15, 0.2) is 0 Å². The number of aliphatic hydroxyl groups excluding tert-OH is 2. The van der Waals surface area contributed by atoms with E-state index in [1.165, 1.54) is 0 Å². The molecule has 0 radical (unpaired) electrons. The number of ether oxygens (including phenoxy) is 1. The molecule has 5 aliphatic rings. The molecular formula is C31H55NO7Si2. The number of ketones is 1. The van der Waals surface area contributed by atoms with Crippen LogP contribution in [0.15, 0.2) is 0 Å². The number of hydrogen-bond donors (Lipinski definition) is 3. The molecule has 8 nitrogen and oxygen atoms in total. The van der Waals surface area contributed by atoms with Crippen molar-refractivity contribution in [3.8, 4) is 0 Å². The number of aliphatic hydroxyl groups is 2. The summed E-state index contributed by atoms with van der Waals surface area (Å²) in [6.07, 6.45) is 5.05. The van der Waals surface area contributed by atoms with Gasteiger partial charge in [0.1, 0.15) is 28.5 Å².